The van der Waals surface area contributed by atoms with Crippen LogP contribution in [0.25, 0.3) is 0 Å². The van der Waals surface area contributed by atoms with Crippen molar-refractivity contribution >= 4 is 0 Å². The average molecular weight is 189 g/mol. The number of hydrogen-bond donors (Lipinski definition) is 1. The molecule has 0 heterocycles. The van der Waals surface area contributed by atoms with Gasteiger partial charge in [0.1, 0.15) is 0 Å². The normalized spacial score (nSPS) is 20.4. The predicted molar refractivity (Wildman–Crippen MR) is 60.5 cm³/mol. The smallest absolute Gasteiger partial charge is 0.0136 e. The van der Waals surface area contributed by atoms with Gasteiger partial charge in [0.25, 0.3) is 0 Å². The Bertz CT molecular complexity index is 287. The summed E-state index contributed by atoms with van der Waals surface area (Å²) in [4.78, 5) is 0. The molecule has 1 heteroatoms. The van der Waals surface area contributed by atoms with Gasteiger partial charge < -0.3 is 5.32 Å². The standard InChI is InChI=1S/C13H19N/c1-3-14-11(2)13(9-10-13)12-7-5-4-6-8-12/h4-8,11,14H,3,9-10H2,1-2H3. The Morgan fingerprint density at radius 2 is 1.93 bits per heavy atom. The fourth-order valence-electron chi connectivity index (χ4n) is 2.38. The summed E-state index contributed by atoms with van der Waals surface area (Å²) in [5, 5.41) is 3.55. The number of hydrogen-bond acceptors (Lipinski definition) is 1. The molecule has 14 heavy (non-hydrogen) atoms. The van der Waals surface area contributed by atoms with Crippen molar-refractivity contribution in [2.24, 2.45) is 0 Å². The van der Waals surface area contributed by atoms with Crippen LogP contribution in [0.5, 0.6) is 0 Å². The number of likely N-dealkylation sites (N-methyl/N-ethyl adjacent to an activating group) is 1. The van der Waals surface area contributed by atoms with E-state index in [-0.39, 0.29) is 0 Å². The third kappa shape index (κ3) is 1.57. The molecule has 0 saturated heterocycles. The van der Waals surface area contributed by atoms with Gasteiger partial charge >= 0.3 is 0 Å². The molecule has 1 unspecified atom stereocenters. The molecule has 1 atom stereocenters. The lowest BCUT2D eigenvalue weighted by Gasteiger charge is -2.24. The Hall–Kier alpha value is -0.820. The largest absolute Gasteiger partial charge is 0.314 e. The van der Waals surface area contributed by atoms with E-state index in [4.69, 9.17) is 0 Å². The highest BCUT2D eigenvalue weighted by Crippen LogP contribution is 2.50. The third-order valence-corrected chi connectivity index (χ3v) is 3.48. The molecule has 1 N–H and O–H groups in total. The topological polar surface area (TPSA) is 12.0 Å². The molecule has 1 aliphatic carbocycles. The first-order valence-corrected chi connectivity index (χ1v) is 5.58. The predicted octanol–water partition coefficient (Wildman–Crippen LogP) is 2.72. The third-order valence-electron chi connectivity index (χ3n) is 3.48. The molecule has 0 bridgehead atoms. The van der Waals surface area contributed by atoms with E-state index in [0.717, 1.165) is 6.54 Å². The Labute approximate surface area is 86.5 Å². The SMILES string of the molecule is CCNC(C)C1(c2ccccc2)CC1. The minimum Gasteiger partial charge on any atom is -0.314 e. The lowest BCUT2D eigenvalue weighted by atomic mass is 9.89. The summed E-state index contributed by atoms with van der Waals surface area (Å²) >= 11 is 0. The van der Waals surface area contributed by atoms with E-state index >= 15 is 0 Å². The van der Waals surface area contributed by atoms with Gasteiger partial charge in [0.15, 0.2) is 0 Å². The summed E-state index contributed by atoms with van der Waals surface area (Å²) in [5.41, 5.74) is 1.95. The van der Waals surface area contributed by atoms with Crippen LogP contribution in [-0.2, 0) is 5.41 Å². The molecule has 1 fully saturated rings. The highest BCUT2D eigenvalue weighted by atomic mass is 14.9. The quantitative estimate of drug-likeness (QED) is 0.768. The molecule has 0 amide bonds. The Kier molecular flexibility index (Phi) is 2.60. The molecule has 1 aromatic carbocycles. The van der Waals surface area contributed by atoms with Crippen LogP contribution in [0.15, 0.2) is 30.3 Å². The van der Waals surface area contributed by atoms with E-state index in [9.17, 15) is 0 Å². The second-order valence-electron chi connectivity index (χ2n) is 4.30. The first kappa shape index (κ1) is 9.72. The molecule has 2 rings (SSSR count). The van der Waals surface area contributed by atoms with Crippen LogP contribution in [0, 0.1) is 0 Å². The maximum atomic E-state index is 3.55. The lowest BCUT2D eigenvalue weighted by Crippen LogP contribution is -2.37. The molecule has 1 aromatic rings. The molecule has 0 radical (unpaired) electrons. The van der Waals surface area contributed by atoms with Gasteiger partial charge in [0.2, 0.25) is 0 Å². The minimum absolute atomic E-state index is 0.442. The Balaban J connectivity index is 2.17. The summed E-state index contributed by atoms with van der Waals surface area (Å²) < 4.78 is 0. The molecule has 1 saturated carbocycles. The highest BCUT2D eigenvalue weighted by molar-refractivity contribution is 5.33. The summed E-state index contributed by atoms with van der Waals surface area (Å²) in [6, 6.07) is 11.5. The molecular weight excluding hydrogens is 170 g/mol. The monoisotopic (exact) mass is 189 g/mol. The number of rotatable bonds is 4. The molecule has 1 nitrogen and oxygen atoms in total. The summed E-state index contributed by atoms with van der Waals surface area (Å²) in [6.07, 6.45) is 2.68. The zero-order chi connectivity index (χ0) is 10.0. The van der Waals surface area contributed by atoms with Gasteiger partial charge in [-0.05, 0) is 31.9 Å². The van der Waals surface area contributed by atoms with Crippen LogP contribution in [0.3, 0.4) is 0 Å². The molecule has 1 aliphatic rings. The zero-order valence-electron chi connectivity index (χ0n) is 9.09. The van der Waals surface area contributed by atoms with Crippen molar-refractivity contribution in [2.45, 2.75) is 38.1 Å². The zero-order valence-corrected chi connectivity index (χ0v) is 9.09. The van der Waals surface area contributed by atoms with E-state index in [1.54, 1.807) is 0 Å². The minimum atomic E-state index is 0.442. The summed E-state index contributed by atoms with van der Waals surface area (Å²) in [7, 11) is 0. The van der Waals surface area contributed by atoms with Crippen molar-refractivity contribution < 1.29 is 0 Å². The van der Waals surface area contributed by atoms with Gasteiger partial charge in [-0.1, -0.05) is 37.3 Å². The van der Waals surface area contributed by atoms with Crippen molar-refractivity contribution in [3.05, 3.63) is 35.9 Å². The second-order valence-corrected chi connectivity index (χ2v) is 4.30. The van der Waals surface area contributed by atoms with Gasteiger partial charge in [0.05, 0.1) is 0 Å². The van der Waals surface area contributed by atoms with Crippen LogP contribution < -0.4 is 5.32 Å². The van der Waals surface area contributed by atoms with Crippen molar-refractivity contribution in [3.63, 3.8) is 0 Å². The lowest BCUT2D eigenvalue weighted by molar-refractivity contribution is 0.455. The van der Waals surface area contributed by atoms with E-state index in [2.05, 4.69) is 49.5 Å². The van der Waals surface area contributed by atoms with Gasteiger partial charge in [0, 0.05) is 11.5 Å². The summed E-state index contributed by atoms with van der Waals surface area (Å²) in [6.45, 7) is 5.55. The Morgan fingerprint density at radius 3 is 2.43 bits per heavy atom. The van der Waals surface area contributed by atoms with Crippen molar-refractivity contribution in [2.75, 3.05) is 6.54 Å². The maximum Gasteiger partial charge on any atom is 0.0136 e. The van der Waals surface area contributed by atoms with Crippen LogP contribution in [0.4, 0.5) is 0 Å². The van der Waals surface area contributed by atoms with E-state index in [1.165, 1.54) is 18.4 Å². The van der Waals surface area contributed by atoms with Gasteiger partial charge in [-0.25, -0.2) is 0 Å². The average Bonchev–Trinajstić information content (AvgIpc) is 3.00. The van der Waals surface area contributed by atoms with Crippen LogP contribution in [-0.4, -0.2) is 12.6 Å². The first-order valence-electron chi connectivity index (χ1n) is 5.58. The maximum absolute atomic E-state index is 3.55. The first-order chi connectivity index (χ1) is 6.79. The number of benzene rings is 1. The van der Waals surface area contributed by atoms with Gasteiger partial charge in [-0.3, -0.25) is 0 Å². The number of nitrogens with one attached hydrogen (secondary N) is 1. The van der Waals surface area contributed by atoms with E-state index in [1.807, 2.05) is 0 Å². The molecule has 76 valence electrons. The van der Waals surface area contributed by atoms with Crippen LogP contribution in [0.1, 0.15) is 32.3 Å². The van der Waals surface area contributed by atoms with Crippen molar-refractivity contribution in [1.82, 2.24) is 5.32 Å². The van der Waals surface area contributed by atoms with Crippen molar-refractivity contribution in [3.8, 4) is 0 Å². The Morgan fingerprint density at radius 1 is 1.29 bits per heavy atom. The van der Waals surface area contributed by atoms with Crippen molar-refractivity contribution in [1.29, 1.82) is 0 Å². The van der Waals surface area contributed by atoms with Gasteiger partial charge in [-0.2, -0.15) is 0 Å². The highest BCUT2D eigenvalue weighted by Gasteiger charge is 2.48. The molecule has 0 spiro atoms. The van der Waals surface area contributed by atoms with E-state index in [0.29, 0.717) is 11.5 Å². The second kappa shape index (κ2) is 3.74. The molecule has 0 aromatic heterocycles. The summed E-state index contributed by atoms with van der Waals surface area (Å²) in [5.74, 6) is 0. The molecular formula is C13H19N. The van der Waals surface area contributed by atoms with Gasteiger partial charge in [-0.15, -0.1) is 0 Å². The fourth-order valence-corrected chi connectivity index (χ4v) is 2.38. The van der Waals surface area contributed by atoms with Crippen LogP contribution in [0.2, 0.25) is 0 Å². The van der Waals surface area contributed by atoms with E-state index < -0.39 is 0 Å². The molecule has 0 aliphatic heterocycles. The van der Waals surface area contributed by atoms with Crippen LogP contribution >= 0.6 is 0 Å². The fraction of sp³-hybridized carbons (Fsp3) is 0.538.